The SMILES string of the molecule is CC(C)(CCO)OC(=O)C(=O)OC(C)(C)CCO.O=C(Cl)c1ccc(C(=O)Cl)cc1.O=c1c2cc3c(=O)n(OS(=O)(=O)c4cccc(S(=O)(=O)On5c(=O)c6cc7c(=O)n(O)c(=O)c7cc6c5=O)c4)c(=O)c3cc2c(=O)n1O. The third kappa shape index (κ3) is 11.7. The van der Waals surface area contributed by atoms with Crippen molar-refractivity contribution < 1.29 is 74.7 Å². The van der Waals surface area contributed by atoms with Gasteiger partial charge in [0.25, 0.3) is 55.0 Å². The minimum Gasteiger partial charge on any atom is -0.451 e. The third-order valence-corrected chi connectivity index (χ3v) is 13.9. The van der Waals surface area contributed by atoms with Gasteiger partial charge in [0.1, 0.15) is 21.0 Å². The Labute approximate surface area is 442 Å². The van der Waals surface area contributed by atoms with Gasteiger partial charge in [0.2, 0.25) is 0 Å². The first-order chi connectivity index (χ1) is 36.2. The molecule has 0 saturated carbocycles. The zero-order chi connectivity index (χ0) is 58.3. The van der Waals surface area contributed by atoms with Gasteiger partial charge in [-0.1, -0.05) is 15.5 Å². The molecule has 4 aromatic carbocycles. The number of carbonyl (C=O) groups is 4. The van der Waals surface area contributed by atoms with E-state index in [2.05, 4.69) is 8.57 Å². The van der Waals surface area contributed by atoms with Crippen LogP contribution in [-0.2, 0) is 39.3 Å². The largest absolute Gasteiger partial charge is 0.451 e. The van der Waals surface area contributed by atoms with Gasteiger partial charge in [0.15, 0.2) is 0 Å². The van der Waals surface area contributed by atoms with Gasteiger partial charge in [-0.15, -0.1) is 9.46 Å². The summed E-state index contributed by atoms with van der Waals surface area (Å²) in [6, 6.07) is 11.8. The lowest BCUT2D eigenvalue weighted by Gasteiger charge is -2.26. The number of nitrogens with zero attached hydrogens (tertiary/aromatic N) is 4. The van der Waals surface area contributed by atoms with E-state index < -0.39 is 151 Å². The molecule has 4 aromatic heterocycles. The van der Waals surface area contributed by atoms with Crippen molar-refractivity contribution >= 4 is 109 Å². The van der Waals surface area contributed by atoms with Crippen LogP contribution in [0.25, 0.3) is 43.1 Å². The van der Waals surface area contributed by atoms with Crippen molar-refractivity contribution in [1.82, 2.24) is 18.9 Å². The minimum atomic E-state index is -5.22. The molecule has 0 bridgehead atoms. The van der Waals surface area contributed by atoms with E-state index in [-0.39, 0.29) is 45.0 Å². The normalized spacial score (nSPS) is 11.9. The summed E-state index contributed by atoms with van der Waals surface area (Å²) in [5.74, 6) is -2.20. The van der Waals surface area contributed by atoms with Gasteiger partial charge in [-0.2, -0.15) is 16.8 Å². The highest BCUT2D eigenvalue weighted by Crippen LogP contribution is 2.21. The van der Waals surface area contributed by atoms with Crippen molar-refractivity contribution in [3.05, 3.63) is 167 Å². The van der Waals surface area contributed by atoms with E-state index in [0.717, 1.165) is 42.5 Å². The Hall–Kier alpha value is -8.68. The van der Waals surface area contributed by atoms with Crippen molar-refractivity contribution in [2.24, 2.45) is 0 Å². The topological polar surface area (TPSA) is 411 Å². The maximum absolute atomic E-state index is 13.1. The fourth-order valence-corrected chi connectivity index (χ4v) is 9.23. The van der Waals surface area contributed by atoms with Crippen LogP contribution in [0.3, 0.4) is 0 Å². The molecule has 4 heterocycles. The highest BCUT2D eigenvalue weighted by atomic mass is 35.5. The standard InChI is InChI=1S/C26H10N4O16S2.C12H22O6.C8H4Cl2O2/c31-19-11-5-15-16(6-12(11)20(32)27(19)39)24(36)29(23(15)35)45-47(41,42)9-2-1-3-10(4-9)48(43,44)46-30-25(37)17-7-13-14(8-18(17)26(30)38)22(34)28(40)21(13)33;1-11(2,5-7-13)17-9(15)10(16)18-12(3,4)6-8-14;9-7(11)5-1-2-6(4-3-5)8(10)12/h1-8,39-40H;13-14H,5-8H2,1-4H3;1-4H. The van der Waals surface area contributed by atoms with Crippen LogP contribution in [0.2, 0.25) is 0 Å². The Morgan fingerprint density at radius 2 is 0.718 bits per heavy atom. The summed E-state index contributed by atoms with van der Waals surface area (Å²) in [6.07, 6.45) is 0.456. The van der Waals surface area contributed by atoms with E-state index in [4.69, 9.17) is 42.9 Å². The lowest BCUT2D eigenvalue weighted by Crippen LogP contribution is -2.38. The molecule has 0 aliphatic rings. The van der Waals surface area contributed by atoms with Crippen LogP contribution in [0.4, 0.5) is 0 Å². The number of hydrogen-bond acceptors (Lipinski definition) is 24. The number of esters is 2. The lowest BCUT2D eigenvalue weighted by molar-refractivity contribution is -0.184. The van der Waals surface area contributed by atoms with E-state index in [1.54, 1.807) is 27.7 Å². The van der Waals surface area contributed by atoms with Gasteiger partial charge in [-0.25, -0.2) is 9.59 Å². The van der Waals surface area contributed by atoms with Crippen molar-refractivity contribution in [3.63, 3.8) is 0 Å². The number of ether oxygens (including phenoxy) is 2. The van der Waals surface area contributed by atoms with Gasteiger partial charge in [0.05, 0.1) is 43.1 Å². The number of rotatable bonds is 14. The van der Waals surface area contributed by atoms with Crippen LogP contribution >= 0.6 is 23.2 Å². The average molecular weight is 1160 g/mol. The fraction of sp³-hybridized carbons (Fsp3) is 0.217. The molecule has 8 rings (SSSR count). The second-order valence-electron chi connectivity index (χ2n) is 17.4. The highest BCUT2D eigenvalue weighted by molar-refractivity contribution is 7.87. The molecule has 8 aromatic rings. The average Bonchev–Trinajstić information content (AvgIpc) is 3.91. The molecule has 0 spiro atoms. The quantitative estimate of drug-likeness (QED) is 0.0443. The van der Waals surface area contributed by atoms with Gasteiger partial charge < -0.3 is 30.1 Å². The van der Waals surface area contributed by atoms with Crippen molar-refractivity contribution in [2.75, 3.05) is 13.2 Å². The third-order valence-electron chi connectivity index (χ3n) is 11.1. The number of carbonyl (C=O) groups excluding carboxylic acids is 4. The zero-order valence-electron chi connectivity index (χ0n) is 40.1. The second kappa shape index (κ2) is 21.7. The van der Waals surface area contributed by atoms with Crippen LogP contribution in [0.1, 0.15) is 61.3 Å². The Morgan fingerprint density at radius 3 is 0.962 bits per heavy atom. The van der Waals surface area contributed by atoms with Gasteiger partial charge in [-0.3, -0.25) is 56.5 Å². The molecule has 0 amide bonds. The molecule has 4 N–H and O–H groups in total. The Kier molecular flexibility index (Phi) is 16.3. The van der Waals surface area contributed by atoms with Gasteiger partial charge >= 0.3 is 32.2 Å². The molecule has 0 saturated heterocycles. The summed E-state index contributed by atoms with van der Waals surface area (Å²) < 4.78 is 70.6. The van der Waals surface area contributed by atoms with Crippen LogP contribution in [0.15, 0.2) is 121 Å². The molecule has 32 heteroatoms. The minimum absolute atomic E-state index is 0.147. The molecule has 0 unspecified atom stereocenters. The number of halogens is 2. The highest BCUT2D eigenvalue weighted by Gasteiger charge is 2.33. The molecule has 0 aliphatic carbocycles. The van der Waals surface area contributed by atoms with Crippen molar-refractivity contribution in [3.8, 4) is 0 Å². The summed E-state index contributed by atoms with van der Waals surface area (Å²) in [5, 5.41) is 31.5. The number of aliphatic hydroxyl groups excluding tert-OH is 2. The first kappa shape index (κ1) is 58.6. The molecule has 0 atom stereocenters. The molecular formula is C46H36Cl2N4O24S2. The van der Waals surface area contributed by atoms with Crippen LogP contribution in [0, 0.1) is 0 Å². The predicted octanol–water partition coefficient (Wildman–Crippen LogP) is -0.913. The fourth-order valence-electron chi connectivity index (χ4n) is 7.04. The maximum Gasteiger partial charge on any atom is 0.418 e. The summed E-state index contributed by atoms with van der Waals surface area (Å²) in [7, 11) is -10.4. The Balaban J connectivity index is 0.000000269. The zero-order valence-corrected chi connectivity index (χ0v) is 43.2. The van der Waals surface area contributed by atoms with Gasteiger partial charge in [-0.05, 0) is 118 Å². The summed E-state index contributed by atoms with van der Waals surface area (Å²) in [6.45, 7) is 6.07. The van der Waals surface area contributed by atoms with E-state index in [1.807, 2.05) is 0 Å². The van der Waals surface area contributed by atoms with E-state index in [0.29, 0.717) is 17.2 Å². The molecule has 0 radical (unpaired) electrons. The number of aromatic nitrogens is 4. The molecule has 28 nitrogen and oxygen atoms in total. The van der Waals surface area contributed by atoms with E-state index in [1.165, 1.54) is 24.3 Å². The summed E-state index contributed by atoms with van der Waals surface area (Å²) in [4.78, 5) is 142. The second-order valence-corrected chi connectivity index (χ2v) is 21.2. The molecular weight excluding hydrogens is 1130 g/mol. The van der Waals surface area contributed by atoms with Crippen LogP contribution < -0.4 is 53.0 Å². The van der Waals surface area contributed by atoms with Crippen LogP contribution in [-0.4, -0.2) is 103 Å². The molecule has 0 aliphatic heterocycles. The number of fused-ring (bicyclic) bond motifs is 4. The molecule has 410 valence electrons. The summed E-state index contributed by atoms with van der Waals surface area (Å²) in [5.41, 5.74) is -11.6. The first-order valence-corrected chi connectivity index (χ1v) is 25.2. The monoisotopic (exact) mass is 1160 g/mol. The van der Waals surface area contributed by atoms with Crippen LogP contribution in [0.5, 0.6) is 0 Å². The predicted molar refractivity (Wildman–Crippen MR) is 269 cm³/mol. The number of benzene rings is 4. The van der Waals surface area contributed by atoms with E-state index >= 15 is 0 Å². The Morgan fingerprint density at radius 1 is 0.462 bits per heavy atom. The van der Waals surface area contributed by atoms with E-state index in [9.17, 15) is 84.8 Å². The van der Waals surface area contributed by atoms with Crippen molar-refractivity contribution in [1.29, 1.82) is 0 Å². The smallest absolute Gasteiger partial charge is 0.418 e. The van der Waals surface area contributed by atoms with Crippen molar-refractivity contribution in [2.45, 2.75) is 61.5 Å². The maximum atomic E-state index is 13.1. The molecule has 0 fully saturated rings. The molecule has 78 heavy (non-hydrogen) atoms. The number of aliphatic hydroxyl groups is 2. The lowest BCUT2D eigenvalue weighted by atomic mass is 10.1. The Bertz CT molecular complexity index is 4040. The first-order valence-electron chi connectivity index (χ1n) is 21.6. The van der Waals surface area contributed by atoms with Gasteiger partial charge in [0, 0.05) is 37.2 Å². The summed E-state index contributed by atoms with van der Waals surface area (Å²) >= 11 is 10.4. The number of hydrogen-bond donors (Lipinski definition) is 4.